The minimum atomic E-state index is 0.581. The number of rotatable bonds is 6. The van der Waals surface area contributed by atoms with Crippen molar-refractivity contribution in [2.24, 2.45) is 0 Å². The zero-order chi connectivity index (χ0) is 13.7. The van der Waals surface area contributed by atoms with E-state index in [1.807, 2.05) is 35.8 Å². The van der Waals surface area contributed by atoms with Crippen LogP contribution in [-0.4, -0.2) is 35.1 Å². The predicted octanol–water partition coefficient (Wildman–Crippen LogP) is 2.65. The van der Waals surface area contributed by atoms with E-state index in [-0.39, 0.29) is 0 Å². The third kappa shape index (κ3) is 3.02. The van der Waals surface area contributed by atoms with E-state index in [0.717, 1.165) is 17.1 Å². The fraction of sp³-hybridized carbons (Fsp3) is 0.385. The third-order valence-electron chi connectivity index (χ3n) is 2.71. The normalized spacial score (nSPS) is 10.6. The Morgan fingerprint density at radius 2 is 2.16 bits per heavy atom. The zero-order valence-electron chi connectivity index (χ0n) is 11.0. The van der Waals surface area contributed by atoms with Gasteiger partial charge in [0.2, 0.25) is 0 Å². The molecule has 1 aromatic carbocycles. The van der Waals surface area contributed by atoms with Crippen LogP contribution in [0.3, 0.4) is 0 Å². The highest BCUT2D eigenvalue weighted by Gasteiger charge is 2.13. The van der Waals surface area contributed by atoms with E-state index in [0.29, 0.717) is 24.5 Å². The molecule has 6 heteroatoms. The summed E-state index contributed by atoms with van der Waals surface area (Å²) in [5.41, 5.74) is 0.924. The Labute approximate surface area is 117 Å². The molecule has 0 fully saturated rings. The van der Waals surface area contributed by atoms with Gasteiger partial charge < -0.3 is 9.47 Å². The molecule has 0 aliphatic carbocycles. The molecule has 0 unspecified atom stereocenters. The van der Waals surface area contributed by atoms with Crippen molar-refractivity contribution in [3.05, 3.63) is 29.0 Å². The third-order valence-corrected chi connectivity index (χ3v) is 3.02. The summed E-state index contributed by atoms with van der Waals surface area (Å²) in [7, 11) is 1.66. The molecule has 1 heterocycles. The van der Waals surface area contributed by atoms with Gasteiger partial charge >= 0.3 is 0 Å². The second kappa shape index (κ2) is 6.49. The molecule has 0 spiro atoms. The van der Waals surface area contributed by atoms with Gasteiger partial charge in [-0.3, -0.25) is 9.67 Å². The van der Waals surface area contributed by atoms with E-state index in [2.05, 4.69) is 10.2 Å². The zero-order valence-corrected chi connectivity index (χ0v) is 11.9. The molecule has 0 aliphatic rings. The van der Waals surface area contributed by atoms with Crippen LogP contribution in [0.25, 0.3) is 11.4 Å². The average molecular weight is 279 g/mol. The van der Waals surface area contributed by atoms with Crippen LogP contribution in [0, 0.1) is 4.77 Å². The van der Waals surface area contributed by atoms with Crippen LogP contribution >= 0.6 is 12.2 Å². The highest BCUT2D eigenvalue weighted by atomic mass is 32.1. The summed E-state index contributed by atoms with van der Waals surface area (Å²) in [6.45, 7) is 3.80. The summed E-state index contributed by atoms with van der Waals surface area (Å²) in [5.74, 6) is 1.57. The Balaban J connectivity index is 2.44. The number of nitrogens with zero attached hydrogens (tertiary/aromatic N) is 2. The van der Waals surface area contributed by atoms with Crippen molar-refractivity contribution in [1.82, 2.24) is 14.8 Å². The fourth-order valence-electron chi connectivity index (χ4n) is 1.85. The van der Waals surface area contributed by atoms with Gasteiger partial charge in [0.1, 0.15) is 5.75 Å². The number of hydrogen-bond donors (Lipinski definition) is 1. The summed E-state index contributed by atoms with van der Waals surface area (Å²) in [6, 6.07) is 7.79. The van der Waals surface area contributed by atoms with E-state index in [9.17, 15) is 0 Å². The first-order valence-electron chi connectivity index (χ1n) is 6.14. The maximum absolute atomic E-state index is 5.63. The lowest BCUT2D eigenvalue weighted by atomic mass is 10.2. The van der Waals surface area contributed by atoms with Crippen LogP contribution in [0.5, 0.6) is 5.75 Å². The topological polar surface area (TPSA) is 52.1 Å². The number of H-pyrrole nitrogens is 1. The summed E-state index contributed by atoms with van der Waals surface area (Å²) < 4.78 is 13.2. The number of hydrogen-bond acceptors (Lipinski definition) is 4. The largest absolute Gasteiger partial charge is 0.493 e. The molecule has 2 aromatic rings. The van der Waals surface area contributed by atoms with Crippen LogP contribution in [0.15, 0.2) is 24.3 Å². The number of ether oxygens (including phenoxy) is 2. The van der Waals surface area contributed by atoms with Crippen molar-refractivity contribution in [2.45, 2.75) is 13.5 Å². The van der Waals surface area contributed by atoms with Gasteiger partial charge in [0.25, 0.3) is 0 Å². The fourth-order valence-corrected chi connectivity index (χ4v) is 2.07. The summed E-state index contributed by atoms with van der Waals surface area (Å²) in [5, 5.41) is 7.11. The molecule has 1 N–H and O–H groups in total. The molecule has 1 aromatic heterocycles. The quantitative estimate of drug-likeness (QED) is 0.826. The number of nitrogens with one attached hydrogen (secondary N) is 1. The first-order chi connectivity index (χ1) is 9.27. The predicted molar refractivity (Wildman–Crippen MR) is 75.9 cm³/mol. The van der Waals surface area contributed by atoms with Gasteiger partial charge in [-0.1, -0.05) is 12.1 Å². The molecule has 2 rings (SSSR count). The van der Waals surface area contributed by atoms with Gasteiger partial charge in [-0.15, -0.1) is 0 Å². The molecule has 102 valence electrons. The Kier molecular flexibility index (Phi) is 4.70. The molecule has 0 atom stereocenters. The summed E-state index contributed by atoms with van der Waals surface area (Å²) >= 11 is 5.24. The van der Waals surface area contributed by atoms with Crippen LogP contribution in [-0.2, 0) is 11.3 Å². The van der Waals surface area contributed by atoms with Gasteiger partial charge in [-0.2, -0.15) is 5.10 Å². The Morgan fingerprint density at radius 3 is 2.89 bits per heavy atom. The van der Waals surface area contributed by atoms with E-state index in [4.69, 9.17) is 21.7 Å². The standard InChI is InChI=1S/C13H17N3O2S/c1-3-18-11-7-5-4-6-10(11)12-14-15-13(19)16(12)8-9-17-2/h4-7H,3,8-9H2,1-2H3,(H,15,19). The molecule has 0 saturated carbocycles. The molecule has 0 radical (unpaired) electrons. The first kappa shape index (κ1) is 13.8. The lowest BCUT2D eigenvalue weighted by molar-refractivity contribution is 0.187. The van der Waals surface area contributed by atoms with Crippen LogP contribution in [0.4, 0.5) is 0 Å². The molecule has 0 aliphatic heterocycles. The van der Waals surface area contributed by atoms with Crippen molar-refractivity contribution in [3.8, 4) is 17.1 Å². The SMILES string of the molecule is CCOc1ccccc1-c1n[nH]c(=S)n1CCOC. The minimum absolute atomic E-state index is 0.581. The molecule has 0 bridgehead atoms. The molecule has 0 saturated heterocycles. The smallest absolute Gasteiger partial charge is 0.195 e. The number of benzene rings is 1. The number of para-hydroxylation sites is 1. The van der Waals surface area contributed by atoms with Crippen molar-refractivity contribution in [2.75, 3.05) is 20.3 Å². The molecule has 0 amide bonds. The van der Waals surface area contributed by atoms with Crippen LogP contribution < -0.4 is 4.74 Å². The Morgan fingerprint density at radius 1 is 1.37 bits per heavy atom. The molecular weight excluding hydrogens is 262 g/mol. The van der Waals surface area contributed by atoms with E-state index < -0.39 is 0 Å². The number of aromatic amines is 1. The number of methoxy groups -OCH3 is 1. The lowest BCUT2D eigenvalue weighted by Gasteiger charge is -2.10. The second-order valence-electron chi connectivity index (χ2n) is 3.93. The maximum Gasteiger partial charge on any atom is 0.195 e. The summed E-state index contributed by atoms with van der Waals surface area (Å²) in [4.78, 5) is 0. The first-order valence-corrected chi connectivity index (χ1v) is 6.55. The minimum Gasteiger partial charge on any atom is -0.493 e. The van der Waals surface area contributed by atoms with Crippen LogP contribution in [0.2, 0.25) is 0 Å². The van der Waals surface area contributed by atoms with E-state index in [1.54, 1.807) is 7.11 Å². The van der Waals surface area contributed by atoms with E-state index in [1.165, 1.54) is 0 Å². The van der Waals surface area contributed by atoms with Crippen molar-refractivity contribution >= 4 is 12.2 Å². The van der Waals surface area contributed by atoms with Gasteiger partial charge in [0, 0.05) is 7.11 Å². The highest BCUT2D eigenvalue weighted by molar-refractivity contribution is 7.71. The summed E-state index contributed by atoms with van der Waals surface area (Å²) in [6.07, 6.45) is 0. The second-order valence-corrected chi connectivity index (χ2v) is 4.31. The Bertz CT molecular complexity index is 592. The van der Waals surface area contributed by atoms with Gasteiger partial charge in [0.15, 0.2) is 10.6 Å². The lowest BCUT2D eigenvalue weighted by Crippen LogP contribution is -2.07. The molecular formula is C13H17N3O2S. The maximum atomic E-state index is 5.63. The van der Waals surface area contributed by atoms with Crippen molar-refractivity contribution in [1.29, 1.82) is 0 Å². The van der Waals surface area contributed by atoms with Crippen molar-refractivity contribution in [3.63, 3.8) is 0 Å². The average Bonchev–Trinajstić information content (AvgIpc) is 2.79. The van der Waals surface area contributed by atoms with Gasteiger partial charge in [0.05, 0.1) is 25.3 Å². The Hall–Kier alpha value is -1.66. The number of aromatic nitrogens is 3. The van der Waals surface area contributed by atoms with E-state index >= 15 is 0 Å². The monoisotopic (exact) mass is 279 g/mol. The van der Waals surface area contributed by atoms with Crippen LogP contribution in [0.1, 0.15) is 6.92 Å². The van der Waals surface area contributed by atoms with Gasteiger partial charge in [-0.05, 0) is 31.3 Å². The molecule has 19 heavy (non-hydrogen) atoms. The highest BCUT2D eigenvalue weighted by Crippen LogP contribution is 2.28. The van der Waals surface area contributed by atoms with Gasteiger partial charge in [-0.25, -0.2) is 0 Å². The van der Waals surface area contributed by atoms with Crippen molar-refractivity contribution < 1.29 is 9.47 Å². The molecule has 5 nitrogen and oxygen atoms in total.